The Morgan fingerprint density at radius 3 is 2.48 bits per heavy atom. The van der Waals surface area contributed by atoms with Crippen molar-refractivity contribution in [3.8, 4) is 5.69 Å². The zero-order valence-corrected chi connectivity index (χ0v) is 20.0. The Labute approximate surface area is 191 Å². The summed E-state index contributed by atoms with van der Waals surface area (Å²) in [7, 11) is -1.96. The zero-order chi connectivity index (χ0) is 22.6. The largest absolute Gasteiger partial charge is 0.300 e. The maximum Gasteiger partial charge on any atom is 0.238 e. The SMILES string of the molecule is CCCCN(C)Cc1cc(Cc2ccc(Br)cc2)n(-c2ccc(S(N)(=O)=O)cc2F)n1. The van der Waals surface area contributed by atoms with E-state index in [-0.39, 0.29) is 10.6 Å². The van der Waals surface area contributed by atoms with Gasteiger partial charge in [-0.15, -0.1) is 0 Å². The monoisotopic (exact) mass is 508 g/mol. The number of nitrogens with two attached hydrogens (primary N) is 1. The lowest BCUT2D eigenvalue weighted by molar-refractivity contribution is 0.316. The van der Waals surface area contributed by atoms with Gasteiger partial charge in [0.2, 0.25) is 10.0 Å². The van der Waals surface area contributed by atoms with Gasteiger partial charge in [-0.05, 0) is 62.0 Å². The van der Waals surface area contributed by atoms with Crippen LogP contribution >= 0.6 is 15.9 Å². The minimum absolute atomic E-state index is 0.182. The zero-order valence-electron chi connectivity index (χ0n) is 17.6. The van der Waals surface area contributed by atoms with Crippen LogP contribution in [0.2, 0.25) is 0 Å². The van der Waals surface area contributed by atoms with Crippen molar-refractivity contribution in [3.05, 3.63) is 75.8 Å². The molecule has 0 aliphatic heterocycles. The summed E-state index contributed by atoms with van der Waals surface area (Å²) < 4.78 is 40.5. The van der Waals surface area contributed by atoms with E-state index in [9.17, 15) is 12.8 Å². The summed E-state index contributed by atoms with van der Waals surface area (Å²) in [6.07, 6.45) is 2.75. The average molecular weight is 509 g/mol. The Morgan fingerprint density at radius 1 is 1.16 bits per heavy atom. The van der Waals surface area contributed by atoms with E-state index >= 15 is 0 Å². The summed E-state index contributed by atoms with van der Waals surface area (Å²) in [5, 5.41) is 9.77. The van der Waals surface area contributed by atoms with Crippen LogP contribution in [0.15, 0.2) is 57.9 Å². The summed E-state index contributed by atoms with van der Waals surface area (Å²) in [6.45, 7) is 3.73. The molecule has 0 atom stereocenters. The van der Waals surface area contributed by atoms with Crippen LogP contribution < -0.4 is 5.14 Å². The first-order valence-electron chi connectivity index (χ1n) is 10.0. The average Bonchev–Trinajstić information content (AvgIpc) is 3.09. The molecule has 0 fully saturated rings. The molecule has 0 saturated carbocycles. The molecule has 166 valence electrons. The molecular weight excluding hydrogens is 483 g/mol. The molecule has 0 aliphatic carbocycles. The van der Waals surface area contributed by atoms with Crippen LogP contribution in [-0.2, 0) is 23.0 Å². The van der Waals surface area contributed by atoms with E-state index < -0.39 is 15.8 Å². The first-order valence-corrected chi connectivity index (χ1v) is 12.3. The molecule has 0 unspecified atom stereocenters. The molecule has 2 N–H and O–H groups in total. The fraction of sp³-hybridized carbons (Fsp3) is 0.318. The highest BCUT2D eigenvalue weighted by Gasteiger charge is 2.17. The lowest BCUT2D eigenvalue weighted by Crippen LogP contribution is -2.19. The third-order valence-corrected chi connectivity index (χ3v) is 6.37. The Bertz CT molecular complexity index is 1150. The van der Waals surface area contributed by atoms with Gasteiger partial charge in [-0.1, -0.05) is 41.4 Å². The molecule has 1 aromatic heterocycles. The molecule has 0 amide bonds. The summed E-state index contributed by atoms with van der Waals surface area (Å²) in [5.41, 5.74) is 2.86. The molecule has 0 saturated heterocycles. The van der Waals surface area contributed by atoms with Gasteiger partial charge in [0.1, 0.15) is 11.5 Å². The Hall–Kier alpha value is -2.07. The number of aromatic nitrogens is 2. The fourth-order valence-electron chi connectivity index (χ4n) is 3.32. The van der Waals surface area contributed by atoms with Crippen LogP contribution in [0.3, 0.4) is 0 Å². The maximum atomic E-state index is 14.9. The fourth-order valence-corrected chi connectivity index (χ4v) is 4.11. The molecule has 0 bridgehead atoms. The van der Waals surface area contributed by atoms with Crippen molar-refractivity contribution in [3.63, 3.8) is 0 Å². The van der Waals surface area contributed by atoms with Crippen molar-refractivity contribution in [2.45, 2.75) is 37.6 Å². The number of hydrogen-bond donors (Lipinski definition) is 1. The highest BCUT2D eigenvalue weighted by molar-refractivity contribution is 9.10. The van der Waals surface area contributed by atoms with Crippen molar-refractivity contribution in [2.75, 3.05) is 13.6 Å². The number of hydrogen-bond acceptors (Lipinski definition) is 4. The molecular formula is C22H26BrFN4O2S. The Morgan fingerprint density at radius 2 is 1.87 bits per heavy atom. The lowest BCUT2D eigenvalue weighted by atomic mass is 10.1. The van der Waals surface area contributed by atoms with E-state index in [1.165, 1.54) is 12.1 Å². The Kier molecular flexibility index (Phi) is 7.64. The van der Waals surface area contributed by atoms with Crippen LogP contribution in [0.25, 0.3) is 5.69 Å². The van der Waals surface area contributed by atoms with Gasteiger partial charge in [0.15, 0.2) is 0 Å². The number of unbranched alkanes of at least 4 members (excludes halogenated alkanes) is 1. The highest BCUT2D eigenvalue weighted by atomic mass is 79.9. The van der Waals surface area contributed by atoms with Crippen molar-refractivity contribution >= 4 is 26.0 Å². The first-order chi connectivity index (χ1) is 14.7. The molecule has 31 heavy (non-hydrogen) atoms. The van der Waals surface area contributed by atoms with E-state index in [1.807, 2.05) is 37.4 Å². The van der Waals surface area contributed by atoms with Crippen molar-refractivity contribution in [1.82, 2.24) is 14.7 Å². The van der Waals surface area contributed by atoms with Gasteiger partial charge in [0.25, 0.3) is 0 Å². The van der Waals surface area contributed by atoms with Gasteiger partial charge in [0, 0.05) is 23.1 Å². The van der Waals surface area contributed by atoms with Gasteiger partial charge in [-0.2, -0.15) is 5.10 Å². The number of sulfonamides is 1. The number of benzene rings is 2. The van der Waals surface area contributed by atoms with Gasteiger partial charge in [-0.25, -0.2) is 22.6 Å². The van der Waals surface area contributed by atoms with Crippen LogP contribution in [0.1, 0.15) is 36.7 Å². The summed E-state index contributed by atoms with van der Waals surface area (Å²) >= 11 is 3.43. The van der Waals surface area contributed by atoms with Crippen molar-refractivity contribution < 1.29 is 12.8 Å². The van der Waals surface area contributed by atoms with E-state index in [1.54, 1.807) is 4.68 Å². The summed E-state index contributed by atoms with van der Waals surface area (Å²) in [5.74, 6) is -0.697. The molecule has 2 aromatic carbocycles. The Balaban J connectivity index is 1.99. The third-order valence-electron chi connectivity index (χ3n) is 4.93. The highest BCUT2D eigenvalue weighted by Crippen LogP contribution is 2.22. The quantitative estimate of drug-likeness (QED) is 0.468. The van der Waals surface area contributed by atoms with Gasteiger partial charge in [-0.3, -0.25) is 0 Å². The molecule has 3 rings (SSSR count). The van der Waals surface area contributed by atoms with Crippen molar-refractivity contribution in [1.29, 1.82) is 0 Å². The van der Waals surface area contributed by atoms with Crippen LogP contribution in [-0.4, -0.2) is 36.7 Å². The molecule has 3 aromatic rings. The van der Waals surface area contributed by atoms with Crippen LogP contribution in [0.5, 0.6) is 0 Å². The topological polar surface area (TPSA) is 81.2 Å². The number of primary sulfonamides is 1. The van der Waals surface area contributed by atoms with Gasteiger partial charge in [0.05, 0.1) is 10.6 Å². The van der Waals surface area contributed by atoms with Crippen LogP contribution in [0, 0.1) is 5.82 Å². The molecule has 0 radical (unpaired) electrons. The van der Waals surface area contributed by atoms with E-state index in [0.29, 0.717) is 13.0 Å². The summed E-state index contributed by atoms with van der Waals surface area (Å²) in [6, 6.07) is 13.5. The second-order valence-electron chi connectivity index (χ2n) is 7.59. The van der Waals surface area contributed by atoms with Crippen molar-refractivity contribution in [2.24, 2.45) is 5.14 Å². The predicted molar refractivity (Wildman–Crippen MR) is 123 cm³/mol. The molecule has 9 heteroatoms. The number of nitrogens with zero attached hydrogens (tertiary/aromatic N) is 3. The smallest absolute Gasteiger partial charge is 0.238 e. The standard InChI is InChI=1S/C22H26BrFN4O2S/c1-3-4-11-27(2)15-18-13-19(12-16-5-7-17(23)8-6-16)28(26-18)22-10-9-20(14-21(22)24)31(25,29)30/h5-10,13-14H,3-4,11-12,15H2,1-2H3,(H2,25,29,30). The number of rotatable bonds is 9. The lowest BCUT2D eigenvalue weighted by Gasteiger charge is -2.14. The third kappa shape index (κ3) is 6.22. The van der Waals surface area contributed by atoms with E-state index in [0.717, 1.165) is 46.9 Å². The molecule has 0 aliphatic rings. The predicted octanol–water partition coefficient (Wildman–Crippen LogP) is 4.24. The van der Waals surface area contributed by atoms with E-state index in [2.05, 4.69) is 32.9 Å². The van der Waals surface area contributed by atoms with Gasteiger partial charge < -0.3 is 4.90 Å². The maximum absolute atomic E-state index is 14.9. The molecule has 1 heterocycles. The minimum atomic E-state index is -3.99. The first kappa shape index (κ1) is 23.6. The second-order valence-corrected chi connectivity index (χ2v) is 10.1. The second kappa shape index (κ2) is 10.0. The van der Waals surface area contributed by atoms with Crippen LogP contribution in [0.4, 0.5) is 4.39 Å². The summed E-state index contributed by atoms with van der Waals surface area (Å²) in [4.78, 5) is 1.91. The number of halogens is 2. The molecule has 6 nitrogen and oxygen atoms in total. The normalized spacial score (nSPS) is 11.9. The van der Waals surface area contributed by atoms with E-state index in [4.69, 9.17) is 5.14 Å². The molecule has 0 spiro atoms. The van der Waals surface area contributed by atoms with Gasteiger partial charge >= 0.3 is 0 Å². The minimum Gasteiger partial charge on any atom is -0.300 e.